The summed E-state index contributed by atoms with van der Waals surface area (Å²) in [5.41, 5.74) is 3.47. The third kappa shape index (κ3) is 6.29. The smallest absolute Gasteiger partial charge is 0.251 e. The molecule has 1 amide bonds. The Morgan fingerprint density at radius 2 is 2.00 bits per heavy atom. The monoisotopic (exact) mass is 421 g/mol. The number of nitrogens with one attached hydrogen (secondary N) is 1. The maximum Gasteiger partial charge on any atom is 0.251 e. The molecule has 30 heavy (non-hydrogen) atoms. The van der Waals surface area contributed by atoms with Gasteiger partial charge >= 0.3 is 0 Å². The average molecular weight is 422 g/mol. The number of thioether (sulfide) groups is 1. The summed E-state index contributed by atoms with van der Waals surface area (Å²) in [5, 5.41) is 3.67. The van der Waals surface area contributed by atoms with Crippen molar-refractivity contribution in [2.75, 3.05) is 18.5 Å². The topological polar surface area (TPSA) is 71.0 Å². The first-order chi connectivity index (χ1) is 14.5. The standard InChI is InChI=1S/C23H27N5OS/c1-4-12-28(3)21-13-17(2)26-23(27-21)30-16-18-8-7-9-19(14-18)22(29)25-15-20-10-5-6-11-24-20/h5-11,13-14H,4,12,15-16H2,1-3H3,(H,25,29). The highest BCUT2D eigenvalue weighted by molar-refractivity contribution is 7.98. The molecule has 0 atom stereocenters. The summed E-state index contributed by atoms with van der Waals surface area (Å²) in [6, 6.07) is 15.3. The Labute approximate surface area is 182 Å². The number of benzene rings is 1. The molecule has 1 N–H and O–H groups in total. The summed E-state index contributed by atoms with van der Waals surface area (Å²) in [5.74, 6) is 1.53. The SMILES string of the molecule is CCCN(C)c1cc(C)nc(SCc2cccc(C(=O)NCc3ccccn3)c2)n1. The minimum Gasteiger partial charge on any atom is -0.360 e. The summed E-state index contributed by atoms with van der Waals surface area (Å²) >= 11 is 1.58. The van der Waals surface area contributed by atoms with Crippen molar-refractivity contribution in [3.63, 3.8) is 0 Å². The molecule has 3 aromatic rings. The summed E-state index contributed by atoms with van der Waals surface area (Å²) in [6.45, 7) is 5.50. The van der Waals surface area contributed by atoms with Gasteiger partial charge < -0.3 is 10.2 Å². The Morgan fingerprint density at radius 1 is 1.13 bits per heavy atom. The number of carbonyl (C=O) groups is 1. The third-order valence-corrected chi connectivity index (χ3v) is 5.40. The van der Waals surface area contributed by atoms with E-state index in [0.717, 1.165) is 40.9 Å². The summed E-state index contributed by atoms with van der Waals surface area (Å²) in [6.07, 6.45) is 2.79. The lowest BCUT2D eigenvalue weighted by atomic mass is 10.1. The van der Waals surface area contributed by atoms with Crippen LogP contribution in [0.2, 0.25) is 0 Å². The van der Waals surface area contributed by atoms with E-state index in [1.807, 2.05) is 62.5 Å². The molecular weight excluding hydrogens is 394 g/mol. The van der Waals surface area contributed by atoms with Gasteiger partial charge in [-0.2, -0.15) is 0 Å². The Bertz CT molecular complexity index is 980. The van der Waals surface area contributed by atoms with Crippen LogP contribution in [0.5, 0.6) is 0 Å². The van der Waals surface area contributed by atoms with E-state index < -0.39 is 0 Å². The molecule has 0 aliphatic heterocycles. The van der Waals surface area contributed by atoms with Crippen LogP contribution in [0.4, 0.5) is 5.82 Å². The number of nitrogens with zero attached hydrogens (tertiary/aromatic N) is 4. The molecule has 2 aromatic heterocycles. The van der Waals surface area contributed by atoms with E-state index in [2.05, 4.69) is 32.1 Å². The molecule has 1 aromatic carbocycles. The lowest BCUT2D eigenvalue weighted by Gasteiger charge is -2.18. The van der Waals surface area contributed by atoms with E-state index in [1.165, 1.54) is 0 Å². The van der Waals surface area contributed by atoms with Crippen molar-refractivity contribution in [3.8, 4) is 0 Å². The largest absolute Gasteiger partial charge is 0.360 e. The number of amides is 1. The lowest BCUT2D eigenvalue weighted by molar-refractivity contribution is 0.0950. The van der Waals surface area contributed by atoms with E-state index in [4.69, 9.17) is 0 Å². The predicted octanol–water partition coefficient (Wildman–Crippen LogP) is 4.25. The molecule has 0 saturated heterocycles. The van der Waals surface area contributed by atoms with Crippen LogP contribution in [-0.4, -0.2) is 34.5 Å². The van der Waals surface area contributed by atoms with Crippen molar-refractivity contribution in [1.82, 2.24) is 20.3 Å². The Hall–Kier alpha value is -2.93. The van der Waals surface area contributed by atoms with Crippen LogP contribution < -0.4 is 10.2 Å². The Morgan fingerprint density at radius 3 is 2.77 bits per heavy atom. The van der Waals surface area contributed by atoms with Crippen LogP contribution in [0.25, 0.3) is 0 Å². The maximum atomic E-state index is 12.5. The van der Waals surface area contributed by atoms with E-state index in [-0.39, 0.29) is 5.91 Å². The van der Waals surface area contributed by atoms with Crippen LogP contribution in [-0.2, 0) is 12.3 Å². The lowest BCUT2D eigenvalue weighted by Crippen LogP contribution is -2.23. The van der Waals surface area contributed by atoms with E-state index in [0.29, 0.717) is 17.9 Å². The first-order valence-corrected chi connectivity index (χ1v) is 11.0. The second-order valence-electron chi connectivity index (χ2n) is 7.06. The van der Waals surface area contributed by atoms with Crippen LogP contribution in [0, 0.1) is 6.92 Å². The number of hydrogen-bond donors (Lipinski definition) is 1. The molecule has 3 rings (SSSR count). The molecule has 0 radical (unpaired) electrons. The number of aryl methyl sites for hydroxylation is 1. The van der Waals surface area contributed by atoms with Crippen LogP contribution >= 0.6 is 11.8 Å². The number of rotatable bonds is 9. The minimum absolute atomic E-state index is 0.109. The van der Waals surface area contributed by atoms with Crippen molar-refractivity contribution in [1.29, 1.82) is 0 Å². The van der Waals surface area contributed by atoms with Crippen LogP contribution in [0.15, 0.2) is 59.9 Å². The first-order valence-electron chi connectivity index (χ1n) is 10.0. The second kappa shape index (κ2) is 10.7. The fourth-order valence-electron chi connectivity index (χ4n) is 2.96. The van der Waals surface area contributed by atoms with Gasteiger partial charge in [0.25, 0.3) is 5.91 Å². The number of anilines is 1. The third-order valence-electron chi connectivity index (χ3n) is 4.48. The molecule has 6 nitrogen and oxygen atoms in total. The number of aromatic nitrogens is 3. The zero-order valence-corrected chi connectivity index (χ0v) is 18.4. The normalized spacial score (nSPS) is 10.6. The second-order valence-corrected chi connectivity index (χ2v) is 8.01. The molecule has 0 aliphatic rings. The van der Waals surface area contributed by atoms with Gasteiger partial charge in [0.1, 0.15) is 5.82 Å². The number of pyridine rings is 1. The van der Waals surface area contributed by atoms with Gasteiger partial charge in [-0.3, -0.25) is 9.78 Å². The number of hydrogen-bond acceptors (Lipinski definition) is 6. The molecule has 0 fully saturated rings. The number of carbonyl (C=O) groups excluding carboxylic acids is 1. The van der Waals surface area contributed by atoms with Gasteiger partial charge in [-0.05, 0) is 43.2 Å². The molecule has 156 valence electrons. The van der Waals surface area contributed by atoms with E-state index >= 15 is 0 Å². The molecule has 2 heterocycles. The summed E-state index contributed by atoms with van der Waals surface area (Å²) < 4.78 is 0. The Balaban J connectivity index is 1.62. The Kier molecular flexibility index (Phi) is 7.79. The van der Waals surface area contributed by atoms with Crippen LogP contribution in [0.3, 0.4) is 0 Å². The van der Waals surface area contributed by atoms with Gasteiger partial charge in [-0.15, -0.1) is 0 Å². The fourth-order valence-corrected chi connectivity index (χ4v) is 3.80. The fraction of sp³-hybridized carbons (Fsp3) is 0.304. The van der Waals surface area contributed by atoms with E-state index in [9.17, 15) is 4.79 Å². The van der Waals surface area contributed by atoms with Gasteiger partial charge in [0, 0.05) is 42.9 Å². The van der Waals surface area contributed by atoms with E-state index in [1.54, 1.807) is 18.0 Å². The molecule has 0 unspecified atom stereocenters. The van der Waals surface area contributed by atoms with Crippen LogP contribution in [0.1, 0.15) is 40.7 Å². The van der Waals surface area contributed by atoms with Gasteiger partial charge in [-0.1, -0.05) is 36.9 Å². The van der Waals surface area contributed by atoms with Gasteiger partial charge in [0.2, 0.25) is 0 Å². The van der Waals surface area contributed by atoms with Gasteiger partial charge in [0.05, 0.1) is 12.2 Å². The van der Waals surface area contributed by atoms with Crippen molar-refractivity contribution in [3.05, 3.63) is 77.2 Å². The maximum absolute atomic E-state index is 12.5. The predicted molar refractivity (Wildman–Crippen MR) is 122 cm³/mol. The zero-order chi connectivity index (χ0) is 21.3. The molecule has 0 spiro atoms. The van der Waals surface area contributed by atoms with Crippen molar-refractivity contribution in [2.45, 2.75) is 37.7 Å². The highest BCUT2D eigenvalue weighted by atomic mass is 32.2. The first kappa shape index (κ1) is 21.8. The van der Waals surface area contributed by atoms with Gasteiger partial charge in [0.15, 0.2) is 5.16 Å². The molecule has 7 heteroatoms. The quantitative estimate of drug-likeness (QED) is 0.411. The van der Waals surface area contributed by atoms with Crippen molar-refractivity contribution < 1.29 is 4.79 Å². The molecule has 0 bridgehead atoms. The summed E-state index contributed by atoms with van der Waals surface area (Å²) in [4.78, 5) is 28.1. The van der Waals surface area contributed by atoms with Crippen molar-refractivity contribution >= 4 is 23.5 Å². The molecule has 0 saturated carbocycles. The summed E-state index contributed by atoms with van der Waals surface area (Å²) in [7, 11) is 2.05. The van der Waals surface area contributed by atoms with Gasteiger partial charge in [-0.25, -0.2) is 9.97 Å². The molecular formula is C23H27N5OS. The zero-order valence-electron chi connectivity index (χ0n) is 17.6. The highest BCUT2D eigenvalue weighted by Gasteiger charge is 2.09. The molecule has 0 aliphatic carbocycles. The highest BCUT2D eigenvalue weighted by Crippen LogP contribution is 2.23. The average Bonchev–Trinajstić information content (AvgIpc) is 2.77. The van der Waals surface area contributed by atoms with Crippen molar-refractivity contribution in [2.24, 2.45) is 0 Å². The minimum atomic E-state index is -0.109.